The second-order valence-electron chi connectivity index (χ2n) is 7.92. The second kappa shape index (κ2) is 8.14. The zero-order valence-electron chi connectivity index (χ0n) is 16.3. The van der Waals surface area contributed by atoms with Gasteiger partial charge in [-0.1, -0.05) is 29.8 Å². The molecule has 2 amide bonds. The smallest absolute Gasteiger partial charge is 0.258 e. The highest BCUT2D eigenvalue weighted by Crippen LogP contribution is 2.67. The van der Waals surface area contributed by atoms with Crippen molar-refractivity contribution in [1.82, 2.24) is 10.6 Å². The summed E-state index contributed by atoms with van der Waals surface area (Å²) in [6.07, 6.45) is 1.85. The van der Waals surface area contributed by atoms with E-state index in [0.29, 0.717) is 32.4 Å². The summed E-state index contributed by atoms with van der Waals surface area (Å²) in [4.78, 5) is 24.6. The molecule has 3 fully saturated rings. The minimum atomic E-state index is -0.601. The fraction of sp³-hybridized carbons (Fsp3) is 0.364. The van der Waals surface area contributed by atoms with Crippen LogP contribution in [-0.2, 0) is 9.59 Å². The minimum absolute atomic E-state index is 0.00294. The number of rotatable bonds is 9. The molecule has 3 saturated carbocycles. The zero-order chi connectivity index (χ0) is 21.2. The van der Waals surface area contributed by atoms with Crippen LogP contribution in [0.15, 0.2) is 48.5 Å². The van der Waals surface area contributed by atoms with Crippen LogP contribution in [0.5, 0.6) is 11.5 Å². The van der Waals surface area contributed by atoms with Gasteiger partial charge in [-0.05, 0) is 43.5 Å². The Morgan fingerprint density at radius 3 is 2.47 bits per heavy atom. The van der Waals surface area contributed by atoms with Gasteiger partial charge >= 0.3 is 0 Å². The Balaban J connectivity index is 1.15. The van der Waals surface area contributed by atoms with Crippen LogP contribution in [0.2, 0.25) is 5.02 Å². The number of ether oxygens (including phenoxy) is 2. The number of amides is 2. The van der Waals surface area contributed by atoms with E-state index in [1.807, 2.05) is 30.3 Å². The first-order chi connectivity index (χ1) is 14.4. The Hall–Kier alpha value is -2.80. The minimum Gasteiger partial charge on any atom is -0.492 e. The molecule has 6 nitrogen and oxygen atoms in total. The van der Waals surface area contributed by atoms with Gasteiger partial charge in [-0.3, -0.25) is 9.59 Å². The molecule has 5 rings (SSSR count). The molecule has 0 spiro atoms. The van der Waals surface area contributed by atoms with Crippen LogP contribution in [0.1, 0.15) is 19.3 Å². The third kappa shape index (κ3) is 4.21. The summed E-state index contributed by atoms with van der Waals surface area (Å²) in [6, 6.07) is 13.4. The van der Waals surface area contributed by atoms with E-state index in [0.717, 1.165) is 11.8 Å². The van der Waals surface area contributed by atoms with Gasteiger partial charge < -0.3 is 20.1 Å². The predicted molar refractivity (Wildman–Crippen MR) is 109 cm³/mol. The molecular formula is C22H22ClFN2O4. The van der Waals surface area contributed by atoms with E-state index in [4.69, 9.17) is 21.1 Å². The molecule has 0 unspecified atom stereocenters. The molecule has 2 bridgehead atoms. The molecule has 30 heavy (non-hydrogen) atoms. The normalized spacial score (nSPS) is 23.5. The van der Waals surface area contributed by atoms with Crippen LogP contribution >= 0.6 is 11.6 Å². The molecule has 2 N–H and O–H groups in total. The summed E-state index contributed by atoms with van der Waals surface area (Å²) >= 11 is 5.62. The van der Waals surface area contributed by atoms with E-state index < -0.39 is 5.82 Å². The summed E-state index contributed by atoms with van der Waals surface area (Å²) in [5.74, 6) is 0.107. The fourth-order valence-electron chi connectivity index (χ4n) is 4.25. The number of hydrogen-bond acceptors (Lipinski definition) is 4. The van der Waals surface area contributed by atoms with Crippen LogP contribution in [0.25, 0.3) is 0 Å². The summed E-state index contributed by atoms with van der Waals surface area (Å²) in [7, 11) is 0. The lowest BCUT2D eigenvalue weighted by Gasteiger charge is -2.69. The first-order valence-corrected chi connectivity index (χ1v) is 10.1. The summed E-state index contributed by atoms with van der Waals surface area (Å²) < 4.78 is 24.3. The van der Waals surface area contributed by atoms with Crippen LogP contribution < -0.4 is 20.1 Å². The van der Waals surface area contributed by atoms with Gasteiger partial charge in [0.25, 0.3) is 5.91 Å². The maximum Gasteiger partial charge on any atom is 0.258 e. The van der Waals surface area contributed by atoms with Crippen molar-refractivity contribution >= 4 is 23.4 Å². The molecule has 2 aromatic carbocycles. The number of halogens is 2. The van der Waals surface area contributed by atoms with Crippen LogP contribution in [0.3, 0.4) is 0 Å². The standard InChI is InChI=1S/C22H22ClFN2O4/c23-17-7-6-16(10-18(17)24)30-11-19(27)26-22-12-21(13-22,14-22)20(28)25-8-9-29-15-4-2-1-3-5-15/h1-7,10H,8-9,11-14H2,(H,25,28)(H,26,27). The van der Waals surface area contributed by atoms with Crippen LogP contribution in [0.4, 0.5) is 4.39 Å². The number of para-hydroxylation sites is 1. The van der Waals surface area contributed by atoms with Gasteiger partial charge in [0.05, 0.1) is 17.0 Å². The lowest BCUT2D eigenvalue weighted by molar-refractivity contribution is -0.184. The van der Waals surface area contributed by atoms with Crippen molar-refractivity contribution in [2.75, 3.05) is 19.8 Å². The summed E-state index contributed by atoms with van der Waals surface area (Å²) in [5.41, 5.74) is -0.718. The highest BCUT2D eigenvalue weighted by molar-refractivity contribution is 6.30. The average molecular weight is 433 g/mol. The summed E-state index contributed by atoms with van der Waals surface area (Å²) in [5, 5.41) is 5.84. The van der Waals surface area contributed by atoms with Gasteiger partial charge in [0.15, 0.2) is 6.61 Å². The molecule has 0 atom stereocenters. The first-order valence-electron chi connectivity index (χ1n) is 9.75. The number of hydrogen-bond donors (Lipinski definition) is 2. The van der Waals surface area contributed by atoms with Crippen molar-refractivity contribution in [3.63, 3.8) is 0 Å². The molecule has 8 heteroatoms. The van der Waals surface area contributed by atoms with E-state index >= 15 is 0 Å². The molecule has 158 valence electrons. The van der Waals surface area contributed by atoms with Crippen molar-refractivity contribution in [2.24, 2.45) is 5.41 Å². The first kappa shape index (κ1) is 20.5. The predicted octanol–water partition coefficient (Wildman–Crippen LogP) is 3.09. The van der Waals surface area contributed by atoms with Gasteiger partial charge in [0, 0.05) is 11.6 Å². The van der Waals surface area contributed by atoms with Crippen molar-refractivity contribution in [3.05, 3.63) is 59.4 Å². The van der Waals surface area contributed by atoms with Crippen molar-refractivity contribution < 1.29 is 23.5 Å². The van der Waals surface area contributed by atoms with E-state index in [2.05, 4.69) is 10.6 Å². The number of carbonyl (C=O) groups is 2. The molecule has 0 heterocycles. The maximum absolute atomic E-state index is 13.4. The fourth-order valence-corrected chi connectivity index (χ4v) is 4.36. The number of benzene rings is 2. The van der Waals surface area contributed by atoms with Crippen molar-refractivity contribution in [1.29, 1.82) is 0 Å². The Morgan fingerprint density at radius 2 is 1.77 bits per heavy atom. The zero-order valence-corrected chi connectivity index (χ0v) is 17.0. The van der Waals surface area contributed by atoms with Gasteiger partial charge in [0.1, 0.15) is 23.9 Å². The molecule has 0 saturated heterocycles. The molecule has 0 radical (unpaired) electrons. The lowest BCUT2D eigenvalue weighted by Crippen LogP contribution is -2.78. The monoisotopic (exact) mass is 432 g/mol. The quantitative estimate of drug-likeness (QED) is 0.597. The second-order valence-corrected chi connectivity index (χ2v) is 8.33. The Kier molecular flexibility index (Phi) is 5.56. The SMILES string of the molecule is O=C(COc1ccc(Cl)c(F)c1)NC12CC(C(=O)NCCOc3ccccc3)(C1)C2. The van der Waals surface area contributed by atoms with Crippen LogP contribution in [-0.4, -0.2) is 37.1 Å². The Labute approximate surface area is 178 Å². The van der Waals surface area contributed by atoms with E-state index in [1.54, 1.807) is 0 Å². The van der Waals surface area contributed by atoms with Gasteiger partial charge in [-0.2, -0.15) is 0 Å². The molecular weight excluding hydrogens is 411 g/mol. The largest absolute Gasteiger partial charge is 0.492 e. The maximum atomic E-state index is 13.4. The average Bonchev–Trinajstić information content (AvgIpc) is 2.68. The third-order valence-corrected chi connectivity index (χ3v) is 5.88. The molecule has 0 aromatic heterocycles. The molecule has 3 aliphatic rings. The Morgan fingerprint density at radius 1 is 1.03 bits per heavy atom. The third-order valence-electron chi connectivity index (χ3n) is 5.58. The van der Waals surface area contributed by atoms with Gasteiger partial charge in [-0.15, -0.1) is 0 Å². The van der Waals surface area contributed by atoms with Crippen molar-refractivity contribution in [3.8, 4) is 11.5 Å². The van der Waals surface area contributed by atoms with Crippen molar-refractivity contribution in [2.45, 2.75) is 24.8 Å². The molecule has 0 aliphatic heterocycles. The lowest BCUT2D eigenvalue weighted by atomic mass is 9.39. The van der Waals surface area contributed by atoms with Gasteiger partial charge in [-0.25, -0.2) is 4.39 Å². The highest BCUT2D eigenvalue weighted by atomic mass is 35.5. The highest BCUT2D eigenvalue weighted by Gasteiger charge is 2.72. The Bertz CT molecular complexity index is 934. The number of nitrogens with one attached hydrogen (secondary N) is 2. The van der Waals surface area contributed by atoms with E-state index in [9.17, 15) is 14.0 Å². The molecule has 3 aliphatic carbocycles. The number of carbonyl (C=O) groups excluding carboxylic acids is 2. The van der Waals surface area contributed by atoms with E-state index in [-0.39, 0.29) is 40.1 Å². The topological polar surface area (TPSA) is 76.7 Å². The van der Waals surface area contributed by atoms with Gasteiger partial charge in [0.2, 0.25) is 5.91 Å². The van der Waals surface area contributed by atoms with Crippen LogP contribution in [0, 0.1) is 11.2 Å². The molecule has 2 aromatic rings. The van der Waals surface area contributed by atoms with E-state index in [1.165, 1.54) is 12.1 Å². The summed E-state index contributed by atoms with van der Waals surface area (Å²) in [6.45, 7) is 0.607.